The molecule has 3 rings (SSSR count). The maximum absolute atomic E-state index is 14.5. The average molecular weight is 456 g/mol. The van der Waals surface area contributed by atoms with Gasteiger partial charge in [0.2, 0.25) is 15.9 Å². The van der Waals surface area contributed by atoms with Crippen LogP contribution in [0.25, 0.3) is 0 Å². The van der Waals surface area contributed by atoms with Gasteiger partial charge in [-0.3, -0.25) is 4.79 Å². The highest BCUT2D eigenvalue weighted by atomic mass is 32.2. The first-order valence-electron chi connectivity index (χ1n) is 11.0. The van der Waals surface area contributed by atoms with Crippen LogP contribution in [-0.2, 0) is 19.6 Å². The molecule has 1 aromatic rings. The summed E-state index contributed by atoms with van der Waals surface area (Å²) in [7, 11) is -3.30. The van der Waals surface area contributed by atoms with Gasteiger partial charge in [-0.2, -0.15) is 0 Å². The van der Waals surface area contributed by atoms with Gasteiger partial charge in [-0.15, -0.1) is 0 Å². The summed E-state index contributed by atoms with van der Waals surface area (Å²) in [6.45, 7) is 7.43. The van der Waals surface area contributed by atoms with Crippen molar-refractivity contribution in [3.05, 3.63) is 24.3 Å². The third-order valence-electron chi connectivity index (χ3n) is 6.10. The minimum absolute atomic E-state index is 0.0541. The summed E-state index contributed by atoms with van der Waals surface area (Å²) < 4.78 is 46.9. The molecule has 1 aliphatic heterocycles. The molecule has 0 spiro atoms. The van der Waals surface area contributed by atoms with Crippen LogP contribution in [-0.4, -0.2) is 50.7 Å². The van der Waals surface area contributed by atoms with E-state index in [0.29, 0.717) is 37.9 Å². The van der Waals surface area contributed by atoms with E-state index in [4.69, 9.17) is 4.74 Å². The second kappa shape index (κ2) is 9.83. The number of carbonyl (C=O) groups excluding carboxylic acids is 1. The SMILES string of the molecule is CC(C)S(=O)(=O)NC1CCC(C(=O)Nc2ccc(N3C[C@H](C)O[C@H](C)C3F)cc2)CC1. The minimum atomic E-state index is -3.30. The van der Waals surface area contributed by atoms with Crippen LogP contribution in [0.5, 0.6) is 0 Å². The Bertz CT molecular complexity index is 854. The largest absolute Gasteiger partial charge is 0.369 e. The number of ether oxygens (including phenoxy) is 1. The fraction of sp³-hybridized carbons (Fsp3) is 0.682. The van der Waals surface area contributed by atoms with Gasteiger partial charge in [-0.1, -0.05) is 0 Å². The van der Waals surface area contributed by atoms with Crippen LogP contribution >= 0.6 is 0 Å². The molecule has 2 aliphatic rings. The Morgan fingerprint density at radius 1 is 1.13 bits per heavy atom. The van der Waals surface area contributed by atoms with Gasteiger partial charge in [-0.05, 0) is 77.6 Å². The molecule has 1 amide bonds. The van der Waals surface area contributed by atoms with Gasteiger partial charge in [0.1, 0.15) is 6.10 Å². The van der Waals surface area contributed by atoms with Crippen molar-refractivity contribution in [2.75, 3.05) is 16.8 Å². The van der Waals surface area contributed by atoms with E-state index >= 15 is 0 Å². The van der Waals surface area contributed by atoms with Crippen LogP contribution in [0.1, 0.15) is 53.4 Å². The van der Waals surface area contributed by atoms with Crippen molar-refractivity contribution in [1.82, 2.24) is 4.72 Å². The summed E-state index contributed by atoms with van der Waals surface area (Å²) in [6, 6.07) is 7.08. The first-order valence-corrected chi connectivity index (χ1v) is 12.6. The molecule has 174 valence electrons. The molecular weight excluding hydrogens is 421 g/mol. The van der Waals surface area contributed by atoms with E-state index in [9.17, 15) is 17.6 Å². The Kier molecular flexibility index (Phi) is 7.59. The fourth-order valence-electron chi connectivity index (χ4n) is 4.18. The lowest BCUT2D eigenvalue weighted by Gasteiger charge is -2.39. The van der Waals surface area contributed by atoms with Crippen LogP contribution in [0.2, 0.25) is 0 Å². The van der Waals surface area contributed by atoms with E-state index in [-0.39, 0.29) is 24.0 Å². The standard InChI is InChI=1S/C22H34FN3O4S/c1-14(2)31(28,29)25-19-7-5-17(6-8-19)22(27)24-18-9-11-20(12-10-18)26-13-15(3)30-16(4)21(26)23/h9-12,14-17,19,21,25H,5-8,13H2,1-4H3,(H,24,27)/t15-,16+,17?,19?,21?/m0/s1. The van der Waals surface area contributed by atoms with Crippen molar-refractivity contribution in [2.45, 2.75) is 83.2 Å². The van der Waals surface area contributed by atoms with Crippen molar-refractivity contribution in [2.24, 2.45) is 5.92 Å². The molecule has 1 saturated carbocycles. The Morgan fingerprint density at radius 2 is 1.74 bits per heavy atom. The van der Waals surface area contributed by atoms with Crippen LogP contribution in [0.15, 0.2) is 24.3 Å². The van der Waals surface area contributed by atoms with Gasteiger partial charge in [0.25, 0.3) is 0 Å². The van der Waals surface area contributed by atoms with E-state index in [1.807, 2.05) is 19.1 Å². The first kappa shape index (κ1) is 23.9. The molecule has 1 aromatic carbocycles. The molecule has 1 saturated heterocycles. The third-order valence-corrected chi connectivity index (χ3v) is 8.00. The number of anilines is 2. The van der Waals surface area contributed by atoms with Crippen molar-refractivity contribution in [3.63, 3.8) is 0 Å². The van der Waals surface area contributed by atoms with Crippen LogP contribution < -0.4 is 14.9 Å². The Hall–Kier alpha value is -1.71. The van der Waals surface area contributed by atoms with Gasteiger partial charge in [0.15, 0.2) is 6.30 Å². The molecule has 1 heterocycles. The number of morpholine rings is 1. The maximum Gasteiger partial charge on any atom is 0.227 e. The molecule has 1 aliphatic carbocycles. The third kappa shape index (κ3) is 5.96. The van der Waals surface area contributed by atoms with Gasteiger partial charge in [0, 0.05) is 29.9 Å². The summed E-state index contributed by atoms with van der Waals surface area (Å²) in [5, 5.41) is 2.47. The van der Waals surface area contributed by atoms with Crippen molar-refractivity contribution in [1.29, 1.82) is 0 Å². The zero-order valence-corrected chi connectivity index (χ0v) is 19.5. The summed E-state index contributed by atoms with van der Waals surface area (Å²) in [6.07, 6.45) is 0.817. The number of nitrogens with one attached hydrogen (secondary N) is 2. The zero-order chi connectivity index (χ0) is 22.8. The highest BCUT2D eigenvalue weighted by molar-refractivity contribution is 7.90. The van der Waals surface area contributed by atoms with Crippen LogP contribution in [0.3, 0.4) is 0 Å². The molecule has 9 heteroatoms. The molecule has 1 unspecified atom stereocenters. The number of halogens is 1. The van der Waals surface area contributed by atoms with Crippen LogP contribution in [0.4, 0.5) is 15.8 Å². The van der Waals surface area contributed by atoms with E-state index in [0.717, 1.165) is 5.69 Å². The lowest BCUT2D eigenvalue weighted by Crippen LogP contribution is -2.51. The molecule has 7 nitrogen and oxygen atoms in total. The molecule has 0 aromatic heterocycles. The normalized spacial score (nSPS) is 29.7. The predicted octanol–water partition coefficient (Wildman–Crippen LogP) is 3.42. The molecule has 2 N–H and O–H groups in total. The number of carbonyl (C=O) groups is 1. The highest BCUT2D eigenvalue weighted by Crippen LogP contribution is 2.29. The zero-order valence-electron chi connectivity index (χ0n) is 18.7. The molecular formula is C22H34FN3O4S. The molecule has 3 atom stereocenters. The monoisotopic (exact) mass is 455 g/mol. The molecule has 0 radical (unpaired) electrons. The van der Waals surface area contributed by atoms with E-state index in [1.165, 1.54) is 0 Å². The maximum atomic E-state index is 14.5. The number of sulfonamides is 1. The van der Waals surface area contributed by atoms with Gasteiger partial charge in [0.05, 0.1) is 11.4 Å². The number of nitrogens with zero attached hydrogens (tertiary/aromatic N) is 1. The average Bonchev–Trinajstić information content (AvgIpc) is 2.71. The number of alkyl halides is 1. The number of hydrogen-bond donors (Lipinski definition) is 2. The quantitative estimate of drug-likeness (QED) is 0.642. The summed E-state index contributed by atoms with van der Waals surface area (Å²) in [4.78, 5) is 14.3. The van der Waals surface area contributed by atoms with Gasteiger partial charge in [-0.25, -0.2) is 17.5 Å². The Labute approximate surface area is 184 Å². The number of benzene rings is 1. The second-order valence-corrected chi connectivity index (χ2v) is 11.2. The fourth-order valence-corrected chi connectivity index (χ4v) is 5.15. The summed E-state index contributed by atoms with van der Waals surface area (Å²) >= 11 is 0. The summed E-state index contributed by atoms with van der Waals surface area (Å²) in [5.74, 6) is -0.203. The van der Waals surface area contributed by atoms with E-state index < -0.39 is 27.7 Å². The smallest absolute Gasteiger partial charge is 0.227 e. The Balaban J connectivity index is 1.52. The predicted molar refractivity (Wildman–Crippen MR) is 120 cm³/mol. The molecule has 0 bridgehead atoms. The van der Waals surface area contributed by atoms with Gasteiger partial charge < -0.3 is 15.0 Å². The van der Waals surface area contributed by atoms with Crippen LogP contribution in [0, 0.1) is 5.92 Å². The van der Waals surface area contributed by atoms with Crippen molar-refractivity contribution >= 4 is 27.3 Å². The topological polar surface area (TPSA) is 87.7 Å². The number of hydrogen-bond acceptors (Lipinski definition) is 5. The van der Waals surface area contributed by atoms with Crippen molar-refractivity contribution in [3.8, 4) is 0 Å². The van der Waals surface area contributed by atoms with Crippen molar-refractivity contribution < 1.29 is 22.3 Å². The first-order chi connectivity index (χ1) is 14.6. The second-order valence-electron chi connectivity index (χ2n) is 8.97. The summed E-state index contributed by atoms with van der Waals surface area (Å²) in [5.41, 5.74) is 1.42. The Morgan fingerprint density at radius 3 is 2.32 bits per heavy atom. The van der Waals surface area contributed by atoms with E-state index in [2.05, 4.69) is 10.0 Å². The lowest BCUT2D eigenvalue weighted by molar-refractivity contribution is -0.120. The minimum Gasteiger partial charge on any atom is -0.369 e. The highest BCUT2D eigenvalue weighted by Gasteiger charge is 2.33. The van der Waals surface area contributed by atoms with E-state index in [1.54, 1.807) is 37.8 Å². The number of rotatable bonds is 6. The molecule has 2 fully saturated rings. The molecule has 31 heavy (non-hydrogen) atoms. The number of amides is 1. The lowest BCUT2D eigenvalue weighted by atomic mass is 9.86. The van der Waals surface area contributed by atoms with Gasteiger partial charge >= 0.3 is 0 Å².